The fourth-order valence-electron chi connectivity index (χ4n) is 2.52. The minimum atomic E-state index is -0.0988. The van der Waals surface area contributed by atoms with Crippen LogP contribution in [-0.4, -0.2) is 9.38 Å². The Hall–Kier alpha value is -2.39. The summed E-state index contributed by atoms with van der Waals surface area (Å²) in [5, 5.41) is 2.92. The van der Waals surface area contributed by atoms with Crippen molar-refractivity contribution in [2.75, 3.05) is 0 Å². The molecule has 0 atom stereocenters. The molecule has 0 aliphatic rings. The molecule has 2 heterocycles. The Morgan fingerprint density at radius 3 is 2.35 bits per heavy atom. The Morgan fingerprint density at radius 2 is 1.55 bits per heavy atom. The minimum Gasteiger partial charge on any atom is -0.268 e. The van der Waals surface area contributed by atoms with Gasteiger partial charge in [0.2, 0.25) is 0 Å². The lowest BCUT2D eigenvalue weighted by molar-refractivity contribution is 1.09. The molecular weight excluding hydrogens is 272 g/mol. The van der Waals surface area contributed by atoms with Crippen LogP contribution in [0.1, 0.15) is 0 Å². The summed E-state index contributed by atoms with van der Waals surface area (Å²) in [5.41, 5.74) is 1.23. The van der Waals surface area contributed by atoms with Crippen LogP contribution in [-0.2, 0) is 0 Å². The summed E-state index contributed by atoms with van der Waals surface area (Å²) in [6, 6.07) is 15.0. The van der Waals surface area contributed by atoms with Gasteiger partial charge < -0.3 is 0 Å². The molecule has 2 aromatic carbocycles. The summed E-state index contributed by atoms with van der Waals surface area (Å²) >= 11 is 6.27. The molecule has 20 heavy (non-hydrogen) atoms. The van der Waals surface area contributed by atoms with E-state index in [1.165, 1.54) is 4.40 Å². The van der Waals surface area contributed by atoms with Gasteiger partial charge in [-0.2, -0.15) is 0 Å². The van der Waals surface area contributed by atoms with E-state index in [0.717, 1.165) is 10.8 Å². The van der Waals surface area contributed by atoms with Gasteiger partial charge in [-0.25, -0.2) is 4.98 Å². The zero-order valence-corrected chi connectivity index (χ0v) is 11.1. The molecule has 0 bridgehead atoms. The fourth-order valence-corrected chi connectivity index (χ4v) is 2.79. The smallest absolute Gasteiger partial charge is 0.265 e. The molecule has 0 radical (unpaired) electrons. The Labute approximate surface area is 119 Å². The molecule has 0 aliphatic carbocycles. The molecule has 0 fully saturated rings. The maximum absolute atomic E-state index is 12.5. The zero-order chi connectivity index (χ0) is 13.7. The van der Waals surface area contributed by atoms with Crippen LogP contribution in [0.25, 0.3) is 27.3 Å². The van der Waals surface area contributed by atoms with Gasteiger partial charge in [0.1, 0.15) is 5.65 Å². The summed E-state index contributed by atoms with van der Waals surface area (Å²) in [5.74, 6) is 0. The van der Waals surface area contributed by atoms with E-state index in [9.17, 15) is 4.79 Å². The first kappa shape index (κ1) is 11.4. The molecule has 0 unspecified atom stereocenters. The number of halogens is 1. The third-order valence-corrected chi connectivity index (χ3v) is 3.78. The average Bonchev–Trinajstić information content (AvgIpc) is 2.49. The SMILES string of the molecule is O=c1c2ccccc2nc2c3ccccc3c(Cl)cn12. The second kappa shape index (κ2) is 4.05. The molecule has 96 valence electrons. The van der Waals surface area contributed by atoms with Gasteiger partial charge in [-0.05, 0) is 12.1 Å². The monoisotopic (exact) mass is 280 g/mol. The molecule has 0 amide bonds. The Balaban J connectivity index is 2.38. The maximum Gasteiger partial charge on any atom is 0.265 e. The number of nitrogens with zero attached hydrogens (tertiary/aromatic N) is 2. The average molecular weight is 281 g/mol. The normalized spacial score (nSPS) is 11.4. The summed E-state index contributed by atoms with van der Waals surface area (Å²) in [6.45, 7) is 0. The highest BCUT2D eigenvalue weighted by molar-refractivity contribution is 6.35. The van der Waals surface area contributed by atoms with E-state index in [1.807, 2.05) is 42.5 Å². The fraction of sp³-hybridized carbons (Fsp3) is 0. The van der Waals surface area contributed by atoms with Gasteiger partial charge in [0.15, 0.2) is 0 Å². The van der Waals surface area contributed by atoms with Gasteiger partial charge in [-0.1, -0.05) is 48.0 Å². The number of para-hydroxylation sites is 1. The van der Waals surface area contributed by atoms with Crippen LogP contribution in [0, 0.1) is 0 Å². The van der Waals surface area contributed by atoms with Crippen molar-refractivity contribution in [2.45, 2.75) is 0 Å². The summed E-state index contributed by atoms with van der Waals surface area (Å²) in [4.78, 5) is 17.2. The molecule has 3 nitrogen and oxygen atoms in total. The van der Waals surface area contributed by atoms with Crippen LogP contribution in [0.3, 0.4) is 0 Å². The van der Waals surface area contributed by atoms with E-state index in [0.29, 0.717) is 21.6 Å². The van der Waals surface area contributed by atoms with Crippen molar-refractivity contribution in [3.8, 4) is 0 Å². The molecule has 4 rings (SSSR count). The van der Waals surface area contributed by atoms with E-state index in [1.54, 1.807) is 12.3 Å². The lowest BCUT2D eigenvalue weighted by atomic mass is 10.1. The topological polar surface area (TPSA) is 34.4 Å². The van der Waals surface area contributed by atoms with E-state index >= 15 is 0 Å². The van der Waals surface area contributed by atoms with Crippen molar-refractivity contribution in [3.05, 3.63) is 70.1 Å². The number of rotatable bonds is 0. The highest BCUT2D eigenvalue weighted by atomic mass is 35.5. The second-order valence-corrected chi connectivity index (χ2v) is 5.06. The lowest BCUT2D eigenvalue weighted by Gasteiger charge is -2.08. The number of aromatic nitrogens is 2. The van der Waals surface area contributed by atoms with Gasteiger partial charge in [0.25, 0.3) is 5.56 Å². The minimum absolute atomic E-state index is 0.0988. The molecule has 0 spiro atoms. The number of fused-ring (bicyclic) bond motifs is 4. The lowest BCUT2D eigenvalue weighted by Crippen LogP contribution is -2.15. The van der Waals surface area contributed by atoms with Gasteiger partial charge >= 0.3 is 0 Å². The van der Waals surface area contributed by atoms with Crippen molar-refractivity contribution >= 4 is 38.9 Å². The first-order valence-electron chi connectivity index (χ1n) is 6.24. The van der Waals surface area contributed by atoms with Crippen molar-refractivity contribution in [3.63, 3.8) is 0 Å². The maximum atomic E-state index is 12.5. The molecule has 0 saturated heterocycles. The quantitative estimate of drug-likeness (QED) is 0.364. The first-order chi connectivity index (χ1) is 9.75. The molecular formula is C16H9ClN2O. The third-order valence-electron chi connectivity index (χ3n) is 3.48. The largest absolute Gasteiger partial charge is 0.268 e. The standard InChI is InChI=1S/C16H9ClN2O/c17-13-9-19-15(11-6-2-1-5-10(11)13)18-14-8-4-3-7-12(14)16(19)20/h1-9H. The van der Waals surface area contributed by atoms with Crippen LogP contribution in [0.5, 0.6) is 0 Å². The van der Waals surface area contributed by atoms with E-state index in [-0.39, 0.29) is 5.56 Å². The number of pyridine rings is 1. The molecule has 0 aliphatic heterocycles. The van der Waals surface area contributed by atoms with Gasteiger partial charge in [0.05, 0.1) is 15.9 Å². The van der Waals surface area contributed by atoms with E-state index in [2.05, 4.69) is 4.98 Å². The van der Waals surface area contributed by atoms with Crippen LogP contribution >= 0.6 is 11.6 Å². The highest BCUT2D eigenvalue weighted by Gasteiger charge is 2.10. The van der Waals surface area contributed by atoms with E-state index < -0.39 is 0 Å². The van der Waals surface area contributed by atoms with Crippen LogP contribution in [0.15, 0.2) is 59.5 Å². The molecule has 4 heteroatoms. The van der Waals surface area contributed by atoms with Crippen molar-refractivity contribution < 1.29 is 0 Å². The number of hydrogen-bond donors (Lipinski definition) is 0. The highest BCUT2D eigenvalue weighted by Crippen LogP contribution is 2.26. The molecule has 0 saturated carbocycles. The van der Waals surface area contributed by atoms with Crippen molar-refractivity contribution in [2.24, 2.45) is 0 Å². The van der Waals surface area contributed by atoms with Crippen LogP contribution in [0.4, 0.5) is 0 Å². The predicted molar refractivity (Wildman–Crippen MR) is 81.5 cm³/mol. The first-order valence-corrected chi connectivity index (χ1v) is 6.62. The predicted octanol–water partition coefficient (Wildman–Crippen LogP) is 3.65. The van der Waals surface area contributed by atoms with Gasteiger partial charge in [-0.3, -0.25) is 9.20 Å². The van der Waals surface area contributed by atoms with Crippen molar-refractivity contribution in [1.82, 2.24) is 9.38 Å². The van der Waals surface area contributed by atoms with E-state index in [4.69, 9.17) is 11.6 Å². The molecule has 4 aromatic rings. The van der Waals surface area contributed by atoms with Crippen LogP contribution in [0.2, 0.25) is 5.02 Å². The summed E-state index contributed by atoms with van der Waals surface area (Å²) < 4.78 is 1.52. The Morgan fingerprint density at radius 1 is 0.900 bits per heavy atom. The van der Waals surface area contributed by atoms with Gasteiger partial charge in [-0.15, -0.1) is 0 Å². The summed E-state index contributed by atoms with van der Waals surface area (Å²) in [6.07, 6.45) is 1.64. The Kier molecular flexibility index (Phi) is 2.32. The molecule has 0 N–H and O–H groups in total. The second-order valence-electron chi connectivity index (χ2n) is 4.65. The van der Waals surface area contributed by atoms with Crippen LogP contribution < -0.4 is 5.56 Å². The Bertz CT molecular complexity index is 1040. The number of benzene rings is 2. The third kappa shape index (κ3) is 1.47. The van der Waals surface area contributed by atoms with Gasteiger partial charge in [0, 0.05) is 17.0 Å². The number of hydrogen-bond acceptors (Lipinski definition) is 2. The zero-order valence-electron chi connectivity index (χ0n) is 10.4. The van der Waals surface area contributed by atoms with Crippen molar-refractivity contribution in [1.29, 1.82) is 0 Å². The summed E-state index contributed by atoms with van der Waals surface area (Å²) in [7, 11) is 0. The molecule has 2 aromatic heterocycles.